The van der Waals surface area contributed by atoms with Crippen LogP contribution in [0.4, 0.5) is 0 Å². The molecule has 1 N–H and O–H groups in total. The first-order valence-corrected chi connectivity index (χ1v) is 9.46. The number of hydrogen-bond acceptors (Lipinski definition) is 5. The second kappa shape index (κ2) is 10.8. The molecule has 0 fully saturated rings. The summed E-state index contributed by atoms with van der Waals surface area (Å²) >= 11 is 0. The number of carbonyl (C=O) groups is 2. The van der Waals surface area contributed by atoms with Crippen molar-refractivity contribution in [3.05, 3.63) is 59.2 Å². The first-order valence-electron chi connectivity index (χ1n) is 9.46. The van der Waals surface area contributed by atoms with Crippen molar-refractivity contribution in [2.75, 3.05) is 27.3 Å². The maximum atomic E-state index is 12.2. The number of aryl methyl sites for hydroxylation is 1. The third-order valence-corrected chi connectivity index (χ3v) is 4.12. The van der Waals surface area contributed by atoms with Crippen molar-refractivity contribution in [3.63, 3.8) is 0 Å². The highest BCUT2D eigenvalue weighted by molar-refractivity contribution is 5.95. The van der Waals surface area contributed by atoms with Gasteiger partial charge in [-0.05, 0) is 54.8 Å². The fourth-order valence-corrected chi connectivity index (χ4v) is 2.38. The van der Waals surface area contributed by atoms with Crippen LogP contribution >= 0.6 is 0 Å². The molecule has 0 atom stereocenters. The molecule has 2 aromatic rings. The molecular weight excluding hydrogens is 370 g/mol. The highest BCUT2D eigenvalue weighted by Crippen LogP contribution is 2.28. The van der Waals surface area contributed by atoms with Crippen molar-refractivity contribution in [2.45, 2.75) is 20.3 Å². The number of benzene rings is 2. The Bertz CT molecular complexity index is 861. The van der Waals surface area contributed by atoms with E-state index in [1.807, 2.05) is 19.1 Å². The Morgan fingerprint density at radius 1 is 1.03 bits per heavy atom. The van der Waals surface area contributed by atoms with Crippen LogP contribution in [0.3, 0.4) is 0 Å². The Kier molecular flexibility index (Phi) is 8.21. The van der Waals surface area contributed by atoms with E-state index in [0.717, 1.165) is 12.0 Å². The van der Waals surface area contributed by atoms with E-state index in [1.54, 1.807) is 44.4 Å². The number of ether oxygens (including phenoxy) is 2. The number of likely N-dealkylation sites (N-methyl/N-ethyl adjacent to an activating group) is 1. The normalized spacial score (nSPS) is 10.6. The van der Waals surface area contributed by atoms with Crippen LogP contribution in [0.5, 0.6) is 11.5 Å². The minimum atomic E-state index is -0.281. The van der Waals surface area contributed by atoms with Gasteiger partial charge in [0, 0.05) is 19.7 Å². The fraction of sp³-hybridized carbons (Fsp3) is 0.318. The molecule has 0 aliphatic carbocycles. The van der Waals surface area contributed by atoms with Gasteiger partial charge in [0.2, 0.25) is 0 Å². The number of carbonyl (C=O) groups excluding carboxylic acids is 2. The first kappa shape index (κ1) is 21.9. The van der Waals surface area contributed by atoms with Crippen LogP contribution in [0.1, 0.15) is 35.3 Å². The average molecular weight is 397 g/mol. The Morgan fingerprint density at radius 3 is 2.38 bits per heavy atom. The Labute approximate surface area is 171 Å². The number of nitrogens with one attached hydrogen (secondary N) is 1. The summed E-state index contributed by atoms with van der Waals surface area (Å²) in [5, 5.41) is 4.01. The highest BCUT2D eigenvalue weighted by atomic mass is 16.5. The predicted molar refractivity (Wildman–Crippen MR) is 113 cm³/mol. The largest absolute Gasteiger partial charge is 0.490 e. The van der Waals surface area contributed by atoms with Crippen molar-refractivity contribution in [1.82, 2.24) is 10.3 Å². The van der Waals surface area contributed by atoms with Gasteiger partial charge in [0.15, 0.2) is 18.1 Å². The third-order valence-electron chi connectivity index (χ3n) is 4.12. The topological polar surface area (TPSA) is 80.2 Å². The molecule has 154 valence electrons. The van der Waals surface area contributed by atoms with Crippen LogP contribution in [-0.4, -0.2) is 50.2 Å². The standard InChI is InChI=1S/C22H27N3O4/c1-5-16-7-10-18(11-8-16)22(27)24-23-14-17-9-12-19(20(13-17)28-6-2)29-15-21(26)25(3)4/h7-14H,5-6,15H2,1-4H3,(H,24,27)/b23-14-. The third kappa shape index (κ3) is 6.64. The molecule has 0 saturated carbocycles. The number of nitrogens with zero attached hydrogens (tertiary/aromatic N) is 2. The summed E-state index contributed by atoms with van der Waals surface area (Å²) in [4.78, 5) is 25.3. The molecule has 0 radical (unpaired) electrons. The van der Waals surface area contributed by atoms with Gasteiger partial charge >= 0.3 is 0 Å². The lowest BCUT2D eigenvalue weighted by molar-refractivity contribution is -0.130. The molecule has 0 aliphatic heterocycles. The molecule has 0 heterocycles. The average Bonchev–Trinajstić information content (AvgIpc) is 2.73. The smallest absolute Gasteiger partial charge is 0.271 e. The van der Waals surface area contributed by atoms with Crippen LogP contribution in [0.25, 0.3) is 0 Å². The van der Waals surface area contributed by atoms with Crippen LogP contribution in [0, 0.1) is 0 Å². The molecular formula is C22H27N3O4. The summed E-state index contributed by atoms with van der Waals surface area (Å²) in [5.74, 6) is 0.549. The summed E-state index contributed by atoms with van der Waals surface area (Å²) in [6.45, 7) is 4.29. The number of hydrogen-bond donors (Lipinski definition) is 1. The zero-order valence-corrected chi connectivity index (χ0v) is 17.3. The van der Waals surface area contributed by atoms with E-state index in [0.29, 0.717) is 23.7 Å². The fourth-order valence-electron chi connectivity index (χ4n) is 2.38. The molecule has 29 heavy (non-hydrogen) atoms. The highest BCUT2D eigenvalue weighted by Gasteiger charge is 2.10. The summed E-state index contributed by atoms with van der Waals surface area (Å²) in [6, 6.07) is 12.6. The molecule has 0 saturated heterocycles. The van der Waals surface area contributed by atoms with Crippen LogP contribution < -0.4 is 14.9 Å². The van der Waals surface area contributed by atoms with Gasteiger partial charge in [0.1, 0.15) is 0 Å². The molecule has 2 aromatic carbocycles. The van der Waals surface area contributed by atoms with Crippen molar-refractivity contribution < 1.29 is 19.1 Å². The van der Waals surface area contributed by atoms with E-state index in [1.165, 1.54) is 16.7 Å². The monoisotopic (exact) mass is 397 g/mol. The van der Waals surface area contributed by atoms with Gasteiger partial charge in [-0.2, -0.15) is 5.10 Å². The molecule has 0 spiro atoms. The van der Waals surface area contributed by atoms with Gasteiger partial charge < -0.3 is 14.4 Å². The van der Waals surface area contributed by atoms with Gasteiger partial charge in [-0.1, -0.05) is 19.1 Å². The van der Waals surface area contributed by atoms with Gasteiger partial charge in [-0.15, -0.1) is 0 Å². The quantitative estimate of drug-likeness (QED) is 0.521. The minimum Gasteiger partial charge on any atom is -0.490 e. The van der Waals surface area contributed by atoms with Crippen molar-refractivity contribution >= 4 is 18.0 Å². The lowest BCUT2D eigenvalue weighted by Gasteiger charge is -2.14. The Morgan fingerprint density at radius 2 is 1.76 bits per heavy atom. The molecule has 7 nitrogen and oxygen atoms in total. The van der Waals surface area contributed by atoms with Gasteiger partial charge in [-0.25, -0.2) is 5.43 Å². The van der Waals surface area contributed by atoms with E-state index < -0.39 is 0 Å². The number of hydrazone groups is 1. The molecule has 7 heteroatoms. The van der Waals surface area contributed by atoms with Crippen LogP contribution in [-0.2, 0) is 11.2 Å². The zero-order chi connectivity index (χ0) is 21.2. The second-order valence-corrected chi connectivity index (χ2v) is 6.47. The summed E-state index contributed by atoms with van der Waals surface area (Å²) < 4.78 is 11.1. The Hall–Kier alpha value is -3.35. The van der Waals surface area contributed by atoms with Gasteiger partial charge in [0.25, 0.3) is 11.8 Å². The van der Waals surface area contributed by atoms with Gasteiger partial charge in [-0.3, -0.25) is 9.59 Å². The molecule has 0 aromatic heterocycles. The second-order valence-electron chi connectivity index (χ2n) is 6.47. The molecule has 0 unspecified atom stereocenters. The molecule has 0 aliphatic rings. The van der Waals surface area contributed by atoms with E-state index in [2.05, 4.69) is 17.5 Å². The molecule has 2 rings (SSSR count). The summed E-state index contributed by atoms with van der Waals surface area (Å²) in [7, 11) is 3.34. The maximum Gasteiger partial charge on any atom is 0.271 e. The minimum absolute atomic E-state index is 0.0760. The van der Waals surface area contributed by atoms with E-state index in [4.69, 9.17) is 9.47 Å². The molecule has 0 bridgehead atoms. The SMILES string of the molecule is CCOc1cc(/C=N\NC(=O)c2ccc(CC)cc2)ccc1OCC(=O)N(C)C. The zero-order valence-electron chi connectivity index (χ0n) is 17.3. The van der Waals surface area contributed by atoms with Crippen molar-refractivity contribution in [3.8, 4) is 11.5 Å². The maximum absolute atomic E-state index is 12.2. The molecule has 2 amide bonds. The number of amides is 2. The number of rotatable bonds is 9. The van der Waals surface area contributed by atoms with E-state index >= 15 is 0 Å². The summed E-state index contributed by atoms with van der Waals surface area (Å²) in [6.07, 6.45) is 2.45. The Balaban J connectivity index is 2.02. The van der Waals surface area contributed by atoms with Crippen LogP contribution in [0.2, 0.25) is 0 Å². The van der Waals surface area contributed by atoms with Crippen molar-refractivity contribution in [1.29, 1.82) is 0 Å². The van der Waals surface area contributed by atoms with Crippen LogP contribution in [0.15, 0.2) is 47.6 Å². The summed E-state index contributed by atoms with van der Waals surface area (Å²) in [5.41, 5.74) is 4.95. The first-order chi connectivity index (χ1) is 13.9. The lowest BCUT2D eigenvalue weighted by atomic mass is 10.1. The lowest BCUT2D eigenvalue weighted by Crippen LogP contribution is -2.27. The van der Waals surface area contributed by atoms with E-state index in [9.17, 15) is 9.59 Å². The van der Waals surface area contributed by atoms with E-state index in [-0.39, 0.29) is 18.4 Å². The van der Waals surface area contributed by atoms with Crippen molar-refractivity contribution in [2.24, 2.45) is 5.10 Å². The van der Waals surface area contributed by atoms with Gasteiger partial charge in [0.05, 0.1) is 12.8 Å². The predicted octanol–water partition coefficient (Wildman–Crippen LogP) is 2.88.